The smallest absolute Gasteiger partial charge is 0.328 e. The maximum Gasteiger partial charge on any atom is 0.328 e. The number of carbonyl (C=O) groups is 1. The van der Waals surface area contributed by atoms with Gasteiger partial charge in [0.15, 0.2) is 0 Å². The summed E-state index contributed by atoms with van der Waals surface area (Å²) in [5, 5.41) is 2.31. The van der Waals surface area contributed by atoms with E-state index in [0.29, 0.717) is 6.61 Å². The van der Waals surface area contributed by atoms with E-state index in [2.05, 4.69) is 12.1 Å². The predicted octanol–water partition coefficient (Wildman–Crippen LogP) is 3.86. The average molecular weight is 309 g/mol. The zero-order valence-electron chi connectivity index (χ0n) is 12.9. The van der Waals surface area contributed by atoms with Crippen molar-refractivity contribution in [3.05, 3.63) is 48.5 Å². The summed E-state index contributed by atoms with van der Waals surface area (Å²) in [6.07, 6.45) is 2.50. The van der Waals surface area contributed by atoms with Crippen LogP contribution in [0.1, 0.15) is 19.3 Å². The fourth-order valence-corrected chi connectivity index (χ4v) is 3.29. The van der Waals surface area contributed by atoms with E-state index in [1.54, 1.807) is 0 Å². The van der Waals surface area contributed by atoms with Crippen molar-refractivity contribution in [1.29, 1.82) is 0 Å². The van der Waals surface area contributed by atoms with Crippen LogP contribution in [0.25, 0.3) is 21.8 Å². The molecule has 4 rings (SSSR count). The first-order chi connectivity index (χ1) is 11.3. The van der Waals surface area contributed by atoms with Crippen LogP contribution in [0.15, 0.2) is 48.5 Å². The van der Waals surface area contributed by atoms with Crippen LogP contribution in [0.5, 0.6) is 0 Å². The van der Waals surface area contributed by atoms with E-state index in [4.69, 9.17) is 9.47 Å². The van der Waals surface area contributed by atoms with Gasteiger partial charge < -0.3 is 14.0 Å². The standard InChI is InChI=1S/C19H19NO3/c21-18(23-19-11-5-6-12-22-19)13-20-16-9-3-1-7-14(16)15-8-2-4-10-17(15)20/h1-4,7-10,19H,5-6,11-13H2. The minimum absolute atomic E-state index is 0.202. The van der Waals surface area contributed by atoms with Gasteiger partial charge in [-0.1, -0.05) is 36.4 Å². The van der Waals surface area contributed by atoms with E-state index in [1.807, 2.05) is 41.0 Å². The number of hydrogen-bond donors (Lipinski definition) is 0. The molecular weight excluding hydrogens is 290 g/mol. The van der Waals surface area contributed by atoms with Crippen LogP contribution in [-0.2, 0) is 20.8 Å². The largest absolute Gasteiger partial charge is 0.434 e. The molecule has 1 unspecified atom stereocenters. The minimum atomic E-state index is -0.385. The third-order valence-electron chi connectivity index (χ3n) is 4.37. The van der Waals surface area contributed by atoms with Crippen molar-refractivity contribution in [3.63, 3.8) is 0 Å². The maximum absolute atomic E-state index is 12.3. The molecule has 0 amide bonds. The molecular formula is C19H19NO3. The Kier molecular flexibility index (Phi) is 3.75. The highest BCUT2D eigenvalue weighted by Gasteiger charge is 2.19. The lowest BCUT2D eigenvalue weighted by molar-refractivity contribution is -0.187. The molecule has 1 saturated heterocycles. The molecule has 0 N–H and O–H groups in total. The second kappa shape index (κ2) is 6.05. The van der Waals surface area contributed by atoms with E-state index in [0.717, 1.165) is 41.1 Å². The molecule has 0 aliphatic carbocycles. The summed E-state index contributed by atoms with van der Waals surface area (Å²) in [7, 11) is 0. The van der Waals surface area contributed by atoms with Crippen molar-refractivity contribution in [2.75, 3.05) is 6.61 Å². The molecule has 0 spiro atoms. The summed E-state index contributed by atoms with van der Waals surface area (Å²) in [5.41, 5.74) is 2.10. The Morgan fingerprint density at radius 2 is 1.70 bits per heavy atom. The summed E-state index contributed by atoms with van der Waals surface area (Å²) in [6.45, 7) is 0.876. The molecule has 4 heteroatoms. The van der Waals surface area contributed by atoms with Crippen molar-refractivity contribution in [2.45, 2.75) is 32.1 Å². The lowest BCUT2D eigenvalue weighted by atomic mass is 10.2. The predicted molar refractivity (Wildman–Crippen MR) is 89.1 cm³/mol. The highest BCUT2D eigenvalue weighted by Crippen LogP contribution is 2.28. The van der Waals surface area contributed by atoms with E-state index in [-0.39, 0.29) is 18.8 Å². The molecule has 1 fully saturated rings. The first-order valence-corrected chi connectivity index (χ1v) is 8.10. The van der Waals surface area contributed by atoms with Gasteiger partial charge >= 0.3 is 5.97 Å². The SMILES string of the molecule is O=C(Cn1c2ccccc2c2ccccc21)OC1CCCCO1. The zero-order valence-corrected chi connectivity index (χ0v) is 12.9. The average Bonchev–Trinajstić information content (AvgIpc) is 2.90. The van der Waals surface area contributed by atoms with Gasteiger partial charge in [-0.2, -0.15) is 0 Å². The van der Waals surface area contributed by atoms with Gasteiger partial charge in [0.05, 0.1) is 6.61 Å². The van der Waals surface area contributed by atoms with Crippen LogP contribution in [0.4, 0.5) is 0 Å². The van der Waals surface area contributed by atoms with Crippen LogP contribution in [0, 0.1) is 0 Å². The summed E-state index contributed by atoms with van der Waals surface area (Å²) < 4.78 is 13.0. The van der Waals surface area contributed by atoms with Gasteiger partial charge in [0.2, 0.25) is 6.29 Å². The van der Waals surface area contributed by atoms with Crippen molar-refractivity contribution in [2.24, 2.45) is 0 Å². The molecule has 0 radical (unpaired) electrons. The number of aromatic nitrogens is 1. The van der Waals surface area contributed by atoms with Crippen molar-refractivity contribution >= 4 is 27.8 Å². The van der Waals surface area contributed by atoms with Crippen LogP contribution >= 0.6 is 0 Å². The van der Waals surface area contributed by atoms with E-state index >= 15 is 0 Å². The molecule has 2 heterocycles. The Morgan fingerprint density at radius 1 is 1.04 bits per heavy atom. The zero-order chi connectivity index (χ0) is 15.6. The fourth-order valence-electron chi connectivity index (χ4n) is 3.29. The number of ether oxygens (including phenoxy) is 2. The molecule has 4 nitrogen and oxygen atoms in total. The van der Waals surface area contributed by atoms with Crippen molar-refractivity contribution < 1.29 is 14.3 Å². The van der Waals surface area contributed by atoms with Gasteiger partial charge in [-0.05, 0) is 25.0 Å². The molecule has 118 valence electrons. The molecule has 0 saturated carbocycles. The molecule has 1 atom stereocenters. The number of rotatable bonds is 3. The Bertz CT molecular complexity index is 793. The van der Waals surface area contributed by atoms with Crippen LogP contribution in [0.2, 0.25) is 0 Å². The van der Waals surface area contributed by atoms with Crippen LogP contribution in [-0.4, -0.2) is 23.4 Å². The van der Waals surface area contributed by atoms with E-state index in [9.17, 15) is 4.79 Å². The number of para-hydroxylation sites is 2. The highest BCUT2D eigenvalue weighted by molar-refractivity contribution is 6.08. The topological polar surface area (TPSA) is 40.5 Å². The Morgan fingerprint density at radius 3 is 2.30 bits per heavy atom. The second-order valence-electron chi connectivity index (χ2n) is 5.91. The maximum atomic E-state index is 12.3. The molecule has 0 bridgehead atoms. The fraction of sp³-hybridized carbons (Fsp3) is 0.316. The van der Waals surface area contributed by atoms with Crippen molar-refractivity contribution in [1.82, 2.24) is 4.57 Å². The van der Waals surface area contributed by atoms with E-state index < -0.39 is 0 Å². The molecule has 1 aromatic heterocycles. The number of fused-ring (bicyclic) bond motifs is 3. The number of carbonyl (C=O) groups excluding carboxylic acids is 1. The summed E-state index contributed by atoms with van der Waals surface area (Å²) in [5.74, 6) is -0.247. The Balaban J connectivity index is 1.65. The second-order valence-corrected chi connectivity index (χ2v) is 5.91. The van der Waals surface area contributed by atoms with Gasteiger partial charge in [0.1, 0.15) is 6.54 Å². The highest BCUT2D eigenvalue weighted by atomic mass is 16.7. The quantitative estimate of drug-likeness (QED) is 0.690. The van der Waals surface area contributed by atoms with Gasteiger partial charge in [0, 0.05) is 28.2 Å². The number of esters is 1. The summed E-state index contributed by atoms with van der Waals surface area (Å²) >= 11 is 0. The first kappa shape index (κ1) is 14.3. The first-order valence-electron chi connectivity index (χ1n) is 8.10. The molecule has 1 aliphatic heterocycles. The van der Waals surface area contributed by atoms with E-state index in [1.165, 1.54) is 0 Å². The lowest BCUT2D eigenvalue weighted by Crippen LogP contribution is -2.27. The monoisotopic (exact) mass is 309 g/mol. The van der Waals surface area contributed by atoms with Crippen LogP contribution < -0.4 is 0 Å². The Hall–Kier alpha value is -2.33. The number of benzene rings is 2. The van der Waals surface area contributed by atoms with Gasteiger partial charge in [0.25, 0.3) is 0 Å². The Labute approximate surface area is 134 Å². The van der Waals surface area contributed by atoms with Crippen molar-refractivity contribution in [3.8, 4) is 0 Å². The normalized spacial score (nSPS) is 18.3. The molecule has 3 aromatic rings. The van der Waals surface area contributed by atoms with Crippen LogP contribution in [0.3, 0.4) is 0 Å². The third-order valence-corrected chi connectivity index (χ3v) is 4.37. The number of hydrogen-bond acceptors (Lipinski definition) is 3. The van der Waals surface area contributed by atoms with Gasteiger partial charge in [-0.3, -0.25) is 4.79 Å². The summed E-state index contributed by atoms with van der Waals surface area (Å²) in [4.78, 5) is 12.3. The van der Waals surface area contributed by atoms with Gasteiger partial charge in [-0.25, -0.2) is 0 Å². The third kappa shape index (κ3) is 2.70. The molecule has 2 aromatic carbocycles. The summed E-state index contributed by atoms with van der Waals surface area (Å²) in [6, 6.07) is 16.3. The minimum Gasteiger partial charge on any atom is -0.434 e. The lowest BCUT2D eigenvalue weighted by Gasteiger charge is -2.22. The molecule has 1 aliphatic rings. The van der Waals surface area contributed by atoms with Gasteiger partial charge in [-0.15, -0.1) is 0 Å². The number of nitrogens with zero attached hydrogens (tertiary/aromatic N) is 1. The molecule has 23 heavy (non-hydrogen) atoms.